The number of pyridine rings is 2. The second kappa shape index (κ2) is 14.9. The first-order chi connectivity index (χ1) is 28.5. The highest BCUT2D eigenvalue weighted by atomic mass is 35.5. The smallest absolute Gasteiger partial charge is 0.237 e. The van der Waals surface area contributed by atoms with Crippen molar-refractivity contribution >= 4 is 61.0 Å². The van der Waals surface area contributed by atoms with E-state index in [1.165, 1.54) is 0 Å². The Labute approximate surface area is 345 Å². The molecule has 3 atom stereocenters. The molecule has 2 saturated heterocycles. The highest BCUT2D eigenvalue weighted by molar-refractivity contribution is 7.90. The lowest BCUT2D eigenvalue weighted by Crippen LogP contribution is -2.38. The van der Waals surface area contributed by atoms with Crippen molar-refractivity contribution in [3.05, 3.63) is 100 Å². The number of benzene rings is 3. The van der Waals surface area contributed by atoms with Gasteiger partial charge in [0.1, 0.15) is 11.0 Å². The molecule has 304 valence electrons. The van der Waals surface area contributed by atoms with E-state index in [0.29, 0.717) is 79.2 Å². The Morgan fingerprint density at radius 2 is 1.81 bits per heavy atom. The van der Waals surface area contributed by atoms with Crippen LogP contribution in [0.3, 0.4) is 0 Å². The van der Waals surface area contributed by atoms with Gasteiger partial charge in [0.05, 0.1) is 27.9 Å². The van der Waals surface area contributed by atoms with Crippen LogP contribution < -0.4 is 10.0 Å². The summed E-state index contributed by atoms with van der Waals surface area (Å²) < 4.78 is 49.4. The van der Waals surface area contributed by atoms with Gasteiger partial charge in [0.2, 0.25) is 21.8 Å². The van der Waals surface area contributed by atoms with Gasteiger partial charge in [0, 0.05) is 61.3 Å². The SMILES string of the molecule is Cc1c(Nc2nccc3cc(CN4CC[C@@H](O)C4)cnc23)cccc1-c1cccc(-c2nc3cc4c(c(F)c3o2)CC[C@H]4N2CC[C@@H](C(=O)NS(=O)(=O)C3CC3)C2)c1Cl. The Morgan fingerprint density at radius 3 is 2.63 bits per heavy atom. The Balaban J connectivity index is 0.895. The number of aromatic nitrogens is 3. The van der Waals surface area contributed by atoms with Gasteiger partial charge in [0.25, 0.3) is 0 Å². The third-order valence-corrected chi connectivity index (χ3v) is 14.7. The fraction of sp³-hybridized carbons (Fsp3) is 0.364. The Hall–Kier alpha value is -4.99. The second-order valence-corrected chi connectivity index (χ2v) is 18.7. The average Bonchev–Trinajstić information content (AvgIpc) is 3.49. The van der Waals surface area contributed by atoms with Crippen LogP contribution in [0.4, 0.5) is 15.9 Å². The Kier molecular flexibility index (Phi) is 9.67. The van der Waals surface area contributed by atoms with Gasteiger partial charge in [-0.1, -0.05) is 35.9 Å². The number of oxazole rings is 1. The van der Waals surface area contributed by atoms with Gasteiger partial charge in [-0.3, -0.25) is 24.3 Å². The fourth-order valence-electron chi connectivity index (χ4n) is 9.13. The molecule has 6 aromatic rings. The van der Waals surface area contributed by atoms with E-state index in [1.54, 1.807) is 6.20 Å². The molecule has 1 amide bonds. The van der Waals surface area contributed by atoms with Crippen molar-refractivity contribution in [2.45, 2.75) is 69.4 Å². The maximum Gasteiger partial charge on any atom is 0.237 e. The van der Waals surface area contributed by atoms with Crippen LogP contribution in [0.25, 0.3) is 44.6 Å². The standard InChI is InChI=1S/C44H43ClFN7O5S/c1-24-30(4-3-7-35(24)49-42-40-26(12-15-47-42)18-25(20-48-40)21-52-16-14-28(54)23-52)31-5-2-6-33(38(31)45)44-50-36-19-34-32(39(46)41(36)58-44)10-11-37(34)53-17-13-27(22-53)43(55)51-59(56,57)29-8-9-29/h2-7,12,15,18-20,27-29,37,54H,8-11,13-14,16-17,21-23H2,1H3,(H,47,49)(H,51,55)/t27-,28-,37-/m1/s1. The fourth-order valence-corrected chi connectivity index (χ4v) is 10.8. The number of aliphatic hydroxyl groups excluding tert-OH is 1. The maximum absolute atomic E-state index is 16.2. The van der Waals surface area contributed by atoms with E-state index in [2.05, 4.69) is 30.9 Å². The van der Waals surface area contributed by atoms with Crippen molar-refractivity contribution in [1.82, 2.24) is 29.5 Å². The first-order valence-electron chi connectivity index (χ1n) is 20.2. The molecule has 2 aliphatic heterocycles. The third-order valence-electron chi connectivity index (χ3n) is 12.4. The summed E-state index contributed by atoms with van der Waals surface area (Å²) in [6, 6.07) is 17.4. The number of anilines is 2. The van der Waals surface area contributed by atoms with E-state index in [4.69, 9.17) is 26.0 Å². The van der Waals surface area contributed by atoms with Gasteiger partial charge >= 0.3 is 0 Å². The summed E-state index contributed by atoms with van der Waals surface area (Å²) in [4.78, 5) is 31.5. The summed E-state index contributed by atoms with van der Waals surface area (Å²) in [5.74, 6) is -0.509. The Bertz CT molecular complexity index is 2780. The third kappa shape index (κ3) is 7.14. The first-order valence-corrected chi connectivity index (χ1v) is 22.1. The zero-order chi connectivity index (χ0) is 40.6. The van der Waals surface area contributed by atoms with Crippen LogP contribution in [0.15, 0.2) is 71.4 Å². The van der Waals surface area contributed by atoms with Crippen molar-refractivity contribution < 1.29 is 27.1 Å². The molecule has 15 heteroatoms. The van der Waals surface area contributed by atoms with E-state index in [0.717, 1.165) is 63.9 Å². The number of amides is 1. The monoisotopic (exact) mass is 835 g/mol. The summed E-state index contributed by atoms with van der Waals surface area (Å²) in [6.07, 6.45) is 7.06. The molecular weight excluding hydrogens is 793 g/mol. The number of halogens is 2. The lowest BCUT2D eigenvalue weighted by atomic mass is 9.97. The highest BCUT2D eigenvalue weighted by Crippen LogP contribution is 2.45. The minimum absolute atomic E-state index is 0.0744. The number of rotatable bonds is 10. The van der Waals surface area contributed by atoms with Crippen LogP contribution in [0.5, 0.6) is 0 Å². The topological polar surface area (TPSA) is 154 Å². The van der Waals surface area contributed by atoms with Gasteiger partial charge < -0.3 is 14.8 Å². The number of aliphatic hydroxyl groups is 1. The summed E-state index contributed by atoms with van der Waals surface area (Å²) >= 11 is 7.17. The molecule has 3 fully saturated rings. The zero-order valence-electron chi connectivity index (χ0n) is 32.4. The molecule has 4 aliphatic rings. The lowest BCUT2D eigenvalue weighted by molar-refractivity contribution is -0.122. The average molecular weight is 836 g/mol. The van der Waals surface area contributed by atoms with E-state index < -0.39 is 32.9 Å². The van der Waals surface area contributed by atoms with Gasteiger partial charge in [-0.25, -0.2) is 22.8 Å². The number of nitrogens with zero attached hydrogens (tertiary/aromatic N) is 5. The minimum atomic E-state index is -3.62. The van der Waals surface area contributed by atoms with Crippen LogP contribution in [-0.2, 0) is 27.8 Å². The van der Waals surface area contributed by atoms with Crippen LogP contribution in [0, 0.1) is 18.7 Å². The predicted octanol–water partition coefficient (Wildman–Crippen LogP) is 7.43. The molecule has 59 heavy (non-hydrogen) atoms. The van der Waals surface area contributed by atoms with Crippen molar-refractivity contribution in [2.75, 3.05) is 31.5 Å². The molecule has 0 spiro atoms. The molecule has 0 radical (unpaired) electrons. The number of likely N-dealkylation sites (tertiary alicyclic amines) is 2. The number of carbonyl (C=O) groups is 1. The number of carbonyl (C=O) groups excluding carboxylic acids is 1. The normalized spacial score (nSPS) is 21.1. The summed E-state index contributed by atoms with van der Waals surface area (Å²) in [5.41, 5.74) is 7.63. The van der Waals surface area contributed by atoms with E-state index in [-0.39, 0.29) is 23.6 Å². The predicted molar refractivity (Wildman–Crippen MR) is 224 cm³/mol. The van der Waals surface area contributed by atoms with Gasteiger partial charge in [-0.05, 0) is 110 Å². The molecule has 12 nitrogen and oxygen atoms in total. The quantitative estimate of drug-likeness (QED) is 0.126. The number of nitrogens with one attached hydrogen (secondary N) is 2. The summed E-state index contributed by atoms with van der Waals surface area (Å²) in [6.45, 7) is 5.29. The largest absolute Gasteiger partial charge is 0.433 e. The maximum atomic E-state index is 16.2. The van der Waals surface area contributed by atoms with E-state index in [9.17, 15) is 18.3 Å². The van der Waals surface area contributed by atoms with Crippen molar-refractivity contribution in [3.63, 3.8) is 0 Å². The molecule has 2 aliphatic carbocycles. The van der Waals surface area contributed by atoms with E-state index >= 15 is 4.39 Å². The van der Waals surface area contributed by atoms with Crippen LogP contribution in [0.1, 0.15) is 60.4 Å². The Morgan fingerprint density at radius 1 is 1.00 bits per heavy atom. The van der Waals surface area contributed by atoms with Crippen LogP contribution >= 0.6 is 11.6 Å². The first kappa shape index (κ1) is 38.2. The summed E-state index contributed by atoms with van der Waals surface area (Å²) in [7, 11) is -3.62. The van der Waals surface area contributed by atoms with Crippen LogP contribution in [0.2, 0.25) is 5.02 Å². The molecule has 3 aromatic heterocycles. The van der Waals surface area contributed by atoms with Crippen molar-refractivity contribution in [2.24, 2.45) is 5.92 Å². The molecule has 10 rings (SSSR count). The van der Waals surface area contributed by atoms with Crippen molar-refractivity contribution in [1.29, 1.82) is 0 Å². The molecular formula is C44H43ClFN7O5S. The molecule has 5 heterocycles. The van der Waals surface area contributed by atoms with Crippen molar-refractivity contribution in [3.8, 4) is 22.6 Å². The number of β-amino-alcohol motifs (C(OH)–C–C–N with tert-alkyl or cyclic N) is 1. The number of hydrogen-bond acceptors (Lipinski definition) is 11. The van der Waals surface area contributed by atoms with E-state index in [1.807, 2.05) is 61.7 Å². The highest BCUT2D eigenvalue weighted by Gasteiger charge is 2.41. The van der Waals surface area contributed by atoms with Gasteiger partial charge in [-0.15, -0.1) is 0 Å². The molecule has 0 unspecified atom stereocenters. The van der Waals surface area contributed by atoms with Crippen LogP contribution in [-0.4, -0.2) is 81.7 Å². The molecule has 0 bridgehead atoms. The zero-order valence-corrected chi connectivity index (χ0v) is 34.0. The number of sulfonamides is 1. The molecule has 1 saturated carbocycles. The summed E-state index contributed by atoms with van der Waals surface area (Å²) in [5, 5.41) is 14.4. The lowest BCUT2D eigenvalue weighted by Gasteiger charge is -2.24. The molecule has 3 N–H and O–H groups in total. The minimum Gasteiger partial charge on any atom is -0.433 e. The second-order valence-electron chi connectivity index (χ2n) is 16.4. The van der Waals surface area contributed by atoms with Gasteiger partial charge in [0.15, 0.2) is 17.2 Å². The number of hydrogen-bond donors (Lipinski definition) is 3. The molecule has 3 aromatic carbocycles. The van der Waals surface area contributed by atoms with Gasteiger partial charge in [-0.2, -0.15) is 0 Å². The number of fused-ring (bicyclic) bond motifs is 3.